The second-order valence-electron chi connectivity index (χ2n) is 5.99. The molecule has 0 fully saturated rings. The molecule has 1 aromatic carbocycles. The maximum absolute atomic E-state index is 6.20. The number of rotatable bonds is 5. The molecule has 0 unspecified atom stereocenters. The van der Waals surface area contributed by atoms with Gasteiger partial charge in [-0.3, -0.25) is 0 Å². The Labute approximate surface area is 132 Å². The highest BCUT2D eigenvalue weighted by molar-refractivity contribution is 6.17. The summed E-state index contributed by atoms with van der Waals surface area (Å²) in [4.78, 5) is 2.29. The highest BCUT2D eigenvalue weighted by Crippen LogP contribution is 2.33. The van der Waals surface area contributed by atoms with Crippen molar-refractivity contribution < 1.29 is 0 Å². The van der Waals surface area contributed by atoms with Gasteiger partial charge in [0.05, 0.1) is 17.3 Å². The summed E-state index contributed by atoms with van der Waals surface area (Å²) in [6, 6.07) is 10.2. The maximum Gasteiger partial charge on any atom is 0.137 e. The summed E-state index contributed by atoms with van der Waals surface area (Å²) in [6.45, 7) is 8.70. The molecule has 0 amide bonds. The molecule has 1 aromatic heterocycles. The number of aromatic nitrogens is 2. The molecule has 0 saturated heterocycles. The number of hydrogen-bond acceptors (Lipinski definition) is 2. The number of anilines is 1. The van der Waals surface area contributed by atoms with Gasteiger partial charge in [-0.1, -0.05) is 25.1 Å². The Balaban J connectivity index is 2.63. The lowest BCUT2D eigenvalue weighted by Gasteiger charge is -2.37. The van der Waals surface area contributed by atoms with Crippen molar-refractivity contribution in [3.63, 3.8) is 0 Å². The van der Waals surface area contributed by atoms with E-state index in [9.17, 15) is 0 Å². The summed E-state index contributed by atoms with van der Waals surface area (Å²) in [5.74, 6) is 1.55. The van der Waals surface area contributed by atoms with Crippen LogP contribution < -0.4 is 4.90 Å². The summed E-state index contributed by atoms with van der Waals surface area (Å²) in [5.41, 5.74) is 3.19. The lowest BCUT2D eigenvalue weighted by atomic mass is 9.99. The predicted octanol–water partition coefficient (Wildman–Crippen LogP) is 4.54. The monoisotopic (exact) mass is 305 g/mol. The molecule has 0 aliphatic heterocycles. The molecule has 0 atom stereocenters. The Morgan fingerprint density at radius 1 is 1.24 bits per heavy atom. The van der Waals surface area contributed by atoms with Crippen LogP contribution in [0.3, 0.4) is 0 Å². The molecule has 0 bridgehead atoms. The molecule has 21 heavy (non-hydrogen) atoms. The summed E-state index contributed by atoms with van der Waals surface area (Å²) in [5, 5.41) is 4.71. The van der Waals surface area contributed by atoms with Crippen molar-refractivity contribution in [3.05, 3.63) is 41.6 Å². The zero-order chi connectivity index (χ0) is 15.6. The molecule has 0 aliphatic carbocycles. The summed E-state index contributed by atoms with van der Waals surface area (Å²) in [7, 11) is 2.12. The van der Waals surface area contributed by atoms with E-state index < -0.39 is 0 Å². The average molecular weight is 306 g/mol. The molecule has 0 radical (unpaired) electrons. The van der Waals surface area contributed by atoms with Gasteiger partial charge in [-0.05, 0) is 39.3 Å². The van der Waals surface area contributed by atoms with Gasteiger partial charge in [-0.2, -0.15) is 5.10 Å². The number of alkyl halides is 1. The zero-order valence-corrected chi connectivity index (χ0v) is 14.3. The van der Waals surface area contributed by atoms with Crippen LogP contribution in [-0.4, -0.2) is 22.4 Å². The molecule has 2 aromatic rings. The topological polar surface area (TPSA) is 21.1 Å². The van der Waals surface area contributed by atoms with E-state index in [-0.39, 0.29) is 5.54 Å². The van der Waals surface area contributed by atoms with Crippen molar-refractivity contribution >= 4 is 17.4 Å². The summed E-state index contributed by atoms with van der Waals surface area (Å²) < 4.78 is 2.00. The van der Waals surface area contributed by atoms with Gasteiger partial charge in [0, 0.05) is 18.2 Å². The molecule has 0 aliphatic rings. The first kappa shape index (κ1) is 15.9. The lowest BCUT2D eigenvalue weighted by Crippen LogP contribution is -2.42. The van der Waals surface area contributed by atoms with E-state index in [2.05, 4.69) is 44.9 Å². The average Bonchev–Trinajstić information content (AvgIpc) is 2.83. The van der Waals surface area contributed by atoms with Crippen molar-refractivity contribution in [3.8, 4) is 5.69 Å². The third-order valence-electron chi connectivity index (χ3n) is 4.38. The zero-order valence-electron chi connectivity index (χ0n) is 13.5. The fourth-order valence-electron chi connectivity index (χ4n) is 2.32. The van der Waals surface area contributed by atoms with E-state index in [4.69, 9.17) is 16.7 Å². The van der Waals surface area contributed by atoms with Gasteiger partial charge in [0.1, 0.15) is 5.82 Å². The fraction of sp³-hybridized carbons (Fsp3) is 0.471. The molecule has 0 N–H and O–H groups in total. The molecule has 2 rings (SSSR count). The first-order valence-corrected chi connectivity index (χ1v) is 7.89. The van der Waals surface area contributed by atoms with Crippen LogP contribution >= 0.6 is 11.6 Å². The van der Waals surface area contributed by atoms with Crippen molar-refractivity contribution in [2.45, 2.75) is 45.5 Å². The van der Waals surface area contributed by atoms with Crippen molar-refractivity contribution in [1.82, 2.24) is 9.78 Å². The van der Waals surface area contributed by atoms with Gasteiger partial charge in [0.25, 0.3) is 0 Å². The minimum atomic E-state index is 0.0415. The maximum atomic E-state index is 6.20. The Morgan fingerprint density at radius 3 is 2.38 bits per heavy atom. The SMILES string of the molecule is CCC(C)(C)N(C)c1c(CCl)c(C)nn1-c1ccccc1. The quantitative estimate of drug-likeness (QED) is 0.756. The smallest absolute Gasteiger partial charge is 0.137 e. The van der Waals surface area contributed by atoms with Crippen LogP contribution in [0, 0.1) is 6.92 Å². The van der Waals surface area contributed by atoms with Gasteiger partial charge < -0.3 is 4.90 Å². The minimum Gasteiger partial charge on any atom is -0.354 e. The lowest BCUT2D eigenvalue weighted by molar-refractivity contribution is 0.463. The van der Waals surface area contributed by atoms with Gasteiger partial charge in [0.2, 0.25) is 0 Å². The second-order valence-corrected chi connectivity index (χ2v) is 6.26. The van der Waals surface area contributed by atoms with Gasteiger partial charge >= 0.3 is 0 Å². The highest BCUT2D eigenvalue weighted by Gasteiger charge is 2.28. The Morgan fingerprint density at radius 2 is 1.86 bits per heavy atom. The molecule has 1 heterocycles. The van der Waals surface area contributed by atoms with Crippen LogP contribution in [0.25, 0.3) is 5.69 Å². The summed E-state index contributed by atoms with van der Waals surface area (Å²) in [6.07, 6.45) is 1.05. The van der Waals surface area contributed by atoms with E-state index in [0.717, 1.165) is 29.2 Å². The molecule has 3 nitrogen and oxygen atoms in total. The van der Waals surface area contributed by atoms with E-state index >= 15 is 0 Å². The highest BCUT2D eigenvalue weighted by atomic mass is 35.5. The van der Waals surface area contributed by atoms with Crippen molar-refractivity contribution in [1.29, 1.82) is 0 Å². The number of nitrogens with zero attached hydrogens (tertiary/aromatic N) is 3. The first-order valence-electron chi connectivity index (χ1n) is 7.36. The molecule has 0 spiro atoms. The third-order valence-corrected chi connectivity index (χ3v) is 4.65. The predicted molar refractivity (Wildman–Crippen MR) is 90.6 cm³/mol. The Kier molecular flexibility index (Phi) is 4.62. The van der Waals surface area contributed by atoms with E-state index in [1.807, 2.05) is 29.8 Å². The van der Waals surface area contributed by atoms with Crippen LogP contribution in [0.15, 0.2) is 30.3 Å². The van der Waals surface area contributed by atoms with Crippen LogP contribution in [-0.2, 0) is 5.88 Å². The first-order chi connectivity index (χ1) is 9.92. The molecule has 4 heteroatoms. The minimum absolute atomic E-state index is 0.0415. The number of aryl methyl sites for hydroxylation is 1. The molecular weight excluding hydrogens is 282 g/mol. The number of halogens is 1. The fourth-order valence-corrected chi connectivity index (χ4v) is 2.63. The van der Waals surface area contributed by atoms with Crippen molar-refractivity contribution in [2.75, 3.05) is 11.9 Å². The Bertz CT molecular complexity index is 602. The third kappa shape index (κ3) is 2.93. The van der Waals surface area contributed by atoms with Crippen LogP contribution in [0.1, 0.15) is 38.4 Å². The van der Waals surface area contributed by atoms with Gasteiger partial charge in [-0.25, -0.2) is 4.68 Å². The normalized spacial score (nSPS) is 11.7. The molecule has 114 valence electrons. The van der Waals surface area contributed by atoms with E-state index in [1.165, 1.54) is 0 Å². The van der Waals surface area contributed by atoms with E-state index in [1.54, 1.807) is 0 Å². The van der Waals surface area contributed by atoms with Crippen molar-refractivity contribution in [2.24, 2.45) is 0 Å². The van der Waals surface area contributed by atoms with Crippen LogP contribution in [0.2, 0.25) is 0 Å². The molecule has 0 saturated carbocycles. The largest absolute Gasteiger partial charge is 0.354 e. The Hall–Kier alpha value is -1.48. The van der Waals surface area contributed by atoms with Crippen LogP contribution in [0.4, 0.5) is 5.82 Å². The number of benzene rings is 1. The van der Waals surface area contributed by atoms with Gasteiger partial charge in [0.15, 0.2) is 0 Å². The number of para-hydroxylation sites is 1. The second kappa shape index (κ2) is 6.10. The standard InChI is InChI=1S/C17H24ClN3/c1-6-17(3,4)20(5)16-15(12-18)13(2)19-21(16)14-10-8-7-9-11-14/h7-11H,6,12H2,1-5H3. The van der Waals surface area contributed by atoms with Crippen LogP contribution in [0.5, 0.6) is 0 Å². The molecular formula is C17H24ClN3. The van der Waals surface area contributed by atoms with E-state index in [0.29, 0.717) is 5.88 Å². The summed E-state index contributed by atoms with van der Waals surface area (Å²) >= 11 is 6.20. The number of hydrogen-bond donors (Lipinski definition) is 0. The van der Waals surface area contributed by atoms with Gasteiger partial charge in [-0.15, -0.1) is 11.6 Å².